The average molecular weight is 266 g/mol. The second-order valence-electron chi connectivity index (χ2n) is 3.52. The van der Waals surface area contributed by atoms with Crippen molar-refractivity contribution in [3.63, 3.8) is 0 Å². The molecule has 0 aliphatic heterocycles. The maximum absolute atomic E-state index is 11.1. The Morgan fingerprint density at radius 2 is 1.56 bits per heavy atom. The van der Waals surface area contributed by atoms with Gasteiger partial charge >= 0.3 is 41.5 Å². The van der Waals surface area contributed by atoms with Crippen LogP contribution in [0.3, 0.4) is 0 Å². The molecule has 0 aromatic rings. The third-order valence-electron chi connectivity index (χ3n) is 1.92. The molecule has 18 heavy (non-hydrogen) atoms. The SMILES string of the molecule is CCCCOC(=O)/C=C(/[O-])C(=O)OCCCC.[Na+]. The van der Waals surface area contributed by atoms with Gasteiger partial charge in [-0.15, -0.1) is 0 Å². The van der Waals surface area contributed by atoms with E-state index in [1.807, 2.05) is 13.8 Å². The van der Waals surface area contributed by atoms with Crippen LogP contribution in [0.2, 0.25) is 0 Å². The number of hydrogen-bond donors (Lipinski definition) is 0. The van der Waals surface area contributed by atoms with Crippen LogP contribution in [-0.2, 0) is 19.1 Å². The van der Waals surface area contributed by atoms with E-state index in [1.54, 1.807) is 0 Å². The van der Waals surface area contributed by atoms with Crippen molar-refractivity contribution >= 4 is 11.9 Å². The Bertz CT molecular complexity index is 276. The maximum atomic E-state index is 11.1. The van der Waals surface area contributed by atoms with E-state index in [-0.39, 0.29) is 42.8 Å². The van der Waals surface area contributed by atoms with E-state index >= 15 is 0 Å². The zero-order valence-corrected chi connectivity index (χ0v) is 13.4. The molecule has 0 saturated carbocycles. The Kier molecular flexibility index (Phi) is 14.2. The molecule has 0 atom stereocenters. The molecular weight excluding hydrogens is 247 g/mol. The van der Waals surface area contributed by atoms with E-state index in [2.05, 4.69) is 4.74 Å². The Hall–Kier alpha value is -0.520. The van der Waals surface area contributed by atoms with Crippen molar-refractivity contribution in [1.29, 1.82) is 0 Å². The first-order valence-electron chi connectivity index (χ1n) is 5.84. The van der Waals surface area contributed by atoms with Crippen LogP contribution in [0, 0.1) is 0 Å². The fourth-order valence-corrected chi connectivity index (χ4v) is 0.905. The molecule has 98 valence electrons. The van der Waals surface area contributed by atoms with Gasteiger partial charge in [0.15, 0.2) is 0 Å². The Balaban J connectivity index is 0. The predicted octanol–water partition coefficient (Wildman–Crippen LogP) is -2.08. The molecule has 5 nitrogen and oxygen atoms in total. The van der Waals surface area contributed by atoms with Gasteiger partial charge in [-0.25, -0.2) is 9.59 Å². The molecule has 6 heteroatoms. The van der Waals surface area contributed by atoms with Crippen LogP contribution in [0.1, 0.15) is 39.5 Å². The molecular formula is C12H19NaO5. The van der Waals surface area contributed by atoms with Crippen molar-refractivity contribution in [3.05, 3.63) is 11.8 Å². The van der Waals surface area contributed by atoms with E-state index < -0.39 is 17.7 Å². The van der Waals surface area contributed by atoms with Gasteiger partial charge in [-0.3, -0.25) is 0 Å². The second kappa shape index (κ2) is 12.9. The normalized spacial score (nSPS) is 10.4. The maximum Gasteiger partial charge on any atom is 1.00 e. The first kappa shape index (κ1) is 19.8. The summed E-state index contributed by atoms with van der Waals surface area (Å²) in [7, 11) is 0. The van der Waals surface area contributed by atoms with Crippen molar-refractivity contribution in [2.75, 3.05) is 13.2 Å². The molecule has 0 aromatic carbocycles. The number of unbranched alkanes of at least 4 members (excludes halogenated alkanes) is 2. The smallest absolute Gasteiger partial charge is 0.867 e. The molecule has 0 saturated heterocycles. The van der Waals surface area contributed by atoms with Crippen LogP contribution in [0.15, 0.2) is 11.8 Å². The van der Waals surface area contributed by atoms with Crippen LogP contribution in [0.25, 0.3) is 0 Å². The van der Waals surface area contributed by atoms with Crippen LogP contribution < -0.4 is 34.7 Å². The molecule has 0 bridgehead atoms. The molecule has 0 amide bonds. The number of carbonyl (C=O) groups is 2. The largest absolute Gasteiger partial charge is 1.00 e. The van der Waals surface area contributed by atoms with E-state index in [0.717, 1.165) is 19.3 Å². The summed E-state index contributed by atoms with van der Waals surface area (Å²) in [5, 5.41) is 11.1. The van der Waals surface area contributed by atoms with Gasteiger partial charge in [0, 0.05) is 6.08 Å². The van der Waals surface area contributed by atoms with Crippen LogP contribution in [0.5, 0.6) is 0 Å². The average Bonchev–Trinajstić information content (AvgIpc) is 2.29. The van der Waals surface area contributed by atoms with Gasteiger partial charge < -0.3 is 14.6 Å². The summed E-state index contributed by atoms with van der Waals surface area (Å²) < 4.78 is 9.35. The van der Waals surface area contributed by atoms with Gasteiger partial charge in [0.1, 0.15) is 0 Å². The summed E-state index contributed by atoms with van der Waals surface area (Å²) in [6, 6.07) is 0. The van der Waals surface area contributed by atoms with Crippen molar-refractivity contribution in [3.8, 4) is 0 Å². The molecule has 0 aliphatic rings. The summed E-state index contributed by atoms with van der Waals surface area (Å²) >= 11 is 0. The predicted molar refractivity (Wildman–Crippen MR) is 59.8 cm³/mol. The minimum absolute atomic E-state index is 0. The van der Waals surface area contributed by atoms with E-state index in [1.165, 1.54) is 0 Å². The quantitative estimate of drug-likeness (QED) is 0.166. The molecule has 0 radical (unpaired) electrons. The molecule has 0 aliphatic carbocycles. The van der Waals surface area contributed by atoms with Gasteiger partial charge in [0.25, 0.3) is 0 Å². The Morgan fingerprint density at radius 3 is 2.06 bits per heavy atom. The van der Waals surface area contributed by atoms with Crippen molar-refractivity contribution in [2.45, 2.75) is 39.5 Å². The molecule has 0 aromatic heterocycles. The zero-order valence-electron chi connectivity index (χ0n) is 11.4. The van der Waals surface area contributed by atoms with Gasteiger partial charge in [-0.2, -0.15) is 0 Å². The summed E-state index contributed by atoms with van der Waals surface area (Å²) in [6.45, 7) is 4.34. The molecule has 0 unspecified atom stereocenters. The molecule has 0 fully saturated rings. The van der Waals surface area contributed by atoms with Crippen molar-refractivity contribution < 1.29 is 53.7 Å². The van der Waals surface area contributed by atoms with E-state index in [9.17, 15) is 14.7 Å². The van der Waals surface area contributed by atoms with Gasteiger partial charge in [0.05, 0.1) is 13.2 Å². The molecule has 0 N–H and O–H groups in total. The number of carbonyl (C=O) groups excluding carboxylic acids is 2. The van der Waals surface area contributed by atoms with Gasteiger partial charge in [-0.1, -0.05) is 26.7 Å². The summed E-state index contributed by atoms with van der Waals surface area (Å²) in [5.74, 6) is -2.77. The molecule has 0 heterocycles. The first-order valence-corrected chi connectivity index (χ1v) is 5.84. The van der Waals surface area contributed by atoms with Crippen molar-refractivity contribution in [1.82, 2.24) is 0 Å². The molecule has 0 spiro atoms. The van der Waals surface area contributed by atoms with Crippen LogP contribution in [0.4, 0.5) is 0 Å². The summed E-state index contributed by atoms with van der Waals surface area (Å²) in [6.07, 6.45) is 3.81. The second-order valence-corrected chi connectivity index (χ2v) is 3.52. The third kappa shape index (κ3) is 10.6. The van der Waals surface area contributed by atoms with Gasteiger partial charge in [0.2, 0.25) is 0 Å². The fourth-order valence-electron chi connectivity index (χ4n) is 0.905. The van der Waals surface area contributed by atoms with Crippen molar-refractivity contribution in [2.24, 2.45) is 0 Å². The topological polar surface area (TPSA) is 75.7 Å². The standard InChI is InChI=1S/C12H20O5.Na/c1-3-5-7-16-11(14)9-10(13)12(15)17-8-6-4-2;/h9,13H,3-8H2,1-2H3;/q;+1/p-1/b10-9+;. The zero-order chi connectivity index (χ0) is 13.1. The number of rotatable bonds is 8. The van der Waals surface area contributed by atoms with E-state index in [0.29, 0.717) is 12.5 Å². The summed E-state index contributed by atoms with van der Waals surface area (Å²) in [5.41, 5.74) is 0. The van der Waals surface area contributed by atoms with E-state index in [4.69, 9.17) is 4.74 Å². The number of ether oxygens (including phenoxy) is 2. The first-order chi connectivity index (χ1) is 8.11. The summed E-state index contributed by atoms with van der Waals surface area (Å²) in [4.78, 5) is 22.1. The Morgan fingerprint density at radius 1 is 1.06 bits per heavy atom. The third-order valence-corrected chi connectivity index (χ3v) is 1.92. The molecule has 0 rings (SSSR count). The monoisotopic (exact) mass is 266 g/mol. The van der Waals surface area contributed by atoms with Crippen LogP contribution in [-0.4, -0.2) is 25.2 Å². The van der Waals surface area contributed by atoms with Crippen LogP contribution >= 0.6 is 0 Å². The minimum atomic E-state index is -1.01. The fraction of sp³-hybridized carbons (Fsp3) is 0.667. The minimum Gasteiger partial charge on any atom is -0.867 e. The Labute approximate surface area is 130 Å². The van der Waals surface area contributed by atoms with Gasteiger partial charge in [-0.05, 0) is 18.6 Å². The number of hydrogen-bond acceptors (Lipinski definition) is 5. The number of esters is 2.